The Labute approximate surface area is 167 Å². The Bertz CT molecular complexity index is 1130. The zero-order valence-electron chi connectivity index (χ0n) is 15.3. The summed E-state index contributed by atoms with van der Waals surface area (Å²) >= 11 is 1.43. The van der Waals surface area contributed by atoms with Crippen molar-refractivity contribution in [2.75, 3.05) is 23.4 Å². The van der Waals surface area contributed by atoms with E-state index in [0.717, 1.165) is 22.7 Å². The molecule has 0 N–H and O–H groups in total. The molecular weight excluding hydrogens is 370 g/mol. The van der Waals surface area contributed by atoms with Crippen LogP contribution in [0.1, 0.15) is 26.3 Å². The minimum absolute atomic E-state index is 0.0205. The highest BCUT2D eigenvalue weighted by Gasteiger charge is 2.29. The number of aromatic nitrogens is 1. The highest BCUT2D eigenvalue weighted by atomic mass is 32.2. The fourth-order valence-electron chi connectivity index (χ4n) is 3.74. The van der Waals surface area contributed by atoms with E-state index >= 15 is 0 Å². The van der Waals surface area contributed by atoms with E-state index < -0.39 is 0 Å². The molecule has 0 saturated carbocycles. The smallest absolute Gasteiger partial charge is 0.260 e. The van der Waals surface area contributed by atoms with Crippen molar-refractivity contribution >= 4 is 35.0 Å². The van der Waals surface area contributed by atoms with Gasteiger partial charge in [0.1, 0.15) is 5.03 Å². The van der Waals surface area contributed by atoms with Gasteiger partial charge in [-0.25, -0.2) is 4.98 Å². The third-order valence-corrected chi connectivity index (χ3v) is 6.28. The number of anilines is 2. The quantitative estimate of drug-likeness (QED) is 0.633. The van der Waals surface area contributed by atoms with Gasteiger partial charge < -0.3 is 9.80 Å². The van der Waals surface area contributed by atoms with Gasteiger partial charge in [-0.15, -0.1) is 0 Å². The van der Waals surface area contributed by atoms with E-state index in [4.69, 9.17) is 0 Å². The van der Waals surface area contributed by atoms with E-state index in [1.807, 2.05) is 35.2 Å². The van der Waals surface area contributed by atoms with Crippen molar-refractivity contribution < 1.29 is 9.59 Å². The van der Waals surface area contributed by atoms with Crippen molar-refractivity contribution in [1.29, 1.82) is 0 Å². The van der Waals surface area contributed by atoms with E-state index in [1.54, 1.807) is 36.3 Å². The fourth-order valence-corrected chi connectivity index (χ4v) is 4.82. The molecule has 3 heterocycles. The molecule has 0 radical (unpaired) electrons. The number of fused-ring (bicyclic) bond motifs is 3. The Hall–Kier alpha value is -3.12. The van der Waals surface area contributed by atoms with Crippen molar-refractivity contribution in [3.63, 3.8) is 0 Å². The first-order valence-corrected chi connectivity index (χ1v) is 9.90. The highest BCUT2D eigenvalue weighted by molar-refractivity contribution is 7.99. The van der Waals surface area contributed by atoms with Gasteiger partial charge in [0.15, 0.2) is 0 Å². The topological polar surface area (TPSA) is 53.5 Å². The van der Waals surface area contributed by atoms with Gasteiger partial charge in [0, 0.05) is 35.9 Å². The molecule has 138 valence electrons. The van der Waals surface area contributed by atoms with Crippen LogP contribution in [0.4, 0.5) is 11.4 Å². The van der Waals surface area contributed by atoms with Crippen LogP contribution >= 0.6 is 11.8 Å². The highest BCUT2D eigenvalue weighted by Crippen LogP contribution is 2.40. The first-order chi connectivity index (χ1) is 13.6. The van der Waals surface area contributed by atoms with Crippen molar-refractivity contribution in [3.8, 4) is 0 Å². The fraction of sp³-hybridized carbons (Fsp3) is 0.136. The molecule has 2 aliphatic rings. The molecule has 2 aromatic carbocycles. The molecule has 0 atom stereocenters. The zero-order chi connectivity index (χ0) is 19.3. The molecule has 28 heavy (non-hydrogen) atoms. The van der Waals surface area contributed by atoms with Crippen LogP contribution in [0.3, 0.4) is 0 Å². The maximum atomic E-state index is 13.2. The predicted molar refractivity (Wildman–Crippen MR) is 109 cm³/mol. The molecule has 0 bridgehead atoms. The molecule has 0 unspecified atom stereocenters. The molecule has 6 heteroatoms. The summed E-state index contributed by atoms with van der Waals surface area (Å²) in [5.41, 5.74) is 4.15. The summed E-state index contributed by atoms with van der Waals surface area (Å²) in [5, 5.41) is 0.661. The zero-order valence-corrected chi connectivity index (χ0v) is 16.1. The summed E-state index contributed by atoms with van der Waals surface area (Å²) in [4.78, 5) is 34.6. The van der Waals surface area contributed by atoms with Crippen LogP contribution in [0.2, 0.25) is 0 Å². The number of rotatable bonds is 1. The number of carbonyl (C=O) groups is 2. The summed E-state index contributed by atoms with van der Waals surface area (Å²) < 4.78 is 0. The number of amides is 2. The Morgan fingerprint density at radius 2 is 1.93 bits per heavy atom. The average Bonchev–Trinajstić information content (AvgIpc) is 3.12. The second-order valence-electron chi connectivity index (χ2n) is 6.84. The Morgan fingerprint density at radius 3 is 2.82 bits per heavy atom. The van der Waals surface area contributed by atoms with Crippen LogP contribution in [-0.2, 0) is 6.42 Å². The van der Waals surface area contributed by atoms with E-state index in [9.17, 15) is 9.59 Å². The van der Waals surface area contributed by atoms with Crippen molar-refractivity contribution in [2.45, 2.75) is 16.3 Å². The SMILES string of the molecule is CN1C(=O)c2cccnc2Sc2cc(C(=O)N3CCc4ccccc43)ccc21. The van der Waals surface area contributed by atoms with Crippen LogP contribution in [0, 0.1) is 0 Å². The summed E-state index contributed by atoms with van der Waals surface area (Å²) in [6.45, 7) is 0.686. The monoisotopic (exact) mass is 387 g/mol. The molecule has 5 nitrogen and oxygen atoms in total. The molecule has 3 aromatic rings. The number of benzene rings is 2. The van der Waals surface area contributed by atoms with Crippen LogP contribution in [-0.4, -0.2) is 30.4 Å². The van der Waals surface area contributed by atoms with Gasteiger partial charge in [-0.3, -0.25) is 9.59 Å². The van der Waals surface area contributed by atoms with Gasteiger partial charge in [-0.2, -0.15) is 0 Å². The molecule has 0 aliphatic carbocycles. The lowest BCUT2D eigenvalue weighted by Gasteiger charge is -2.20. The van der Waals surface area contributed by atoms with E-state index in [2.05, 4.69) is 11.1 Å². The normalized spacial score (nSPS) is 15.0. The number of carbonyl (C=O) groups excluding carboxylic acids is 2. The van der Waals surface area contributed by atoms with E-state index in [1.165, 1.54) is 17.3 Å². The third kappa shape index (κ3) is 2.60. The molecule has 5 rings (SSSR count). The van der Waals surface area contributed by atoms with Gasteiger partial charge in [0.05, 0.1) is 11.3 Å². The Morgan fingerprint density at radius 1 is 1.07 bits per heavy atom. The third-order valence-electron chi connectivity index (χ3n) is 5.21. The number of nitrogens with zero attached hydrogens (tertiary/aromatic N) is 3. The van der Waals surface area contributed by atoms with Gasteiger partial charge in [-0.05, 0) is 48.4 Å². The molecule has 0 fully saturated rings. The van der Waals surface area contributed by atoms with Gasteiger partial charge in [0.25, 0.3) is 11.8 Å². The van der Waals surface area contributed by atoms with E-state index in [-0.39, 0.29) is 11.8 Å². The molecule has 1 aromatic heterocycles. The lowest BCUT2D eigenvalue weighted by molar-refractivity contribution is 0.0983. The van der Waals surface area contributed by atoms with Crippen molar-refractivity contribution in [3.05, 3.63) is 77.5 Å². The minimum atomic E-state index is -0.0955. The summed E-state index contributed by atoms with van der Waals surface area (Å²) in [6, 6.07) is 17.1. The number of para-hydroxylation sites is 1. The largest absolute Gasteiger partial charge is 0.310 e. The molecule has 2 amide bonds. The molecular formula is C22H17N3O2S. The number of hydrogen-bond acceptors (Lipinski definition) is 4. The molecule has 0 spiro atoms. The Balaban J connectivity index is 1.55. The number of pyridine rings is 1. The number of hydrogen-bond donors (Lipinski definition) is 0. The van der Waals surface area contributed by atoms with Crippen molar-refractivity contribution in [1.82, 2.24) is 4.98 Å². The first kappa shape index (κ1) is 17.0. The molecule has 0 saturated heterocycles. The lowest BCUT2D eigenvalue weighted by Crippen LogP contribution is -2.29. The summed E-state index contributed by atoms with van der Waals surface area (Å²) in [5.74, 6) is -0.116. The predicted octanol–water partition coefficient (Wildman–Crippen LogP) is 4.03. The van der Waals surface area contributed by atoms with Crippen molar-refractivity contribution in [2.24, 2.45) is 0 Å². The second-order valence-corrected chi connectivity index (χ2v) is 7.87. The maximum Gasteiger partial charge on any atom is 0.260 e. The van der Waals surface area contributed by atoms with Gasteiger partial charge in [-0.1, -0.05) is 30.0 Å². The molecule has 2 aliphatic heterocycles. The Kier molecular flexibility index (Phi) is 3.94. The lowest BCUT2D eigenvalue weighted by atomic mass is 10.1. The van der Waals surface area contributed by atoms with Crippen LogP contribution < -0.4 is 9.80 Å². The van der Waals surface area contributed by atoms with Gasteiger partial charge in [0.2, 0.25) is 0 Å². The average molecular weight is 387 g/mol. The standard InChI is InChI=1S/C22H17N3O2S/c1-24-18-9-8-15(21(26)25-12-10-14-5-2-3-7-17(14)25)13-19(18)28-20-16(22(24)27)6-4-11-23-20/h2-9,11,13H,10,12H2,1H3. The van der Waals surface area contributed by atoms with Crippen LogP contribution in [0.25, 0.3) is 0 Å². The van der Waals surface area contributed by atoms with Crippen LogP contribution in [0.15, 0.2) is 70.7 Å². The first-order valence-electron chi connectivity index (χ1n) is 9.08. The van der Waals surface area contributed by atoms with Crippen LogP contribution in [0.5, 0.6) is 0 Å². The summed E-state index contributed by atoms with van der Waals surface area (Å²) in [7, 11) is 1.75. The van der Waals surface area contributed by atoms with Gasteiger partial charge >= 0.3 is 0 Å². The minimum Gasteiger partial charge on any atom is -0.310 e. The maximum absolute atomic E-state index is 13.2. The summed E-state index contributed by atoms with van der Waals surface area (Å²) in [6.07, 6.45) is 2.55. The van der Waals surface area contributed by atoms with E-state index in [0.29, 0.717) is 22.7 Å². The second kappa shape index (κ2) is 6.49.